The number of benzene rings is 2. The molecule has 1 heterocycles. The number of amides is 1. The monoisotopic (exact) mass is 388 g/mol. The number of fused-ring (bicyclic) bond motifs is 1. The Morgan fingerprint density at radius 2 is 2.00 bits per heavy atom. The molecule has 2 aromatic carbocycles. The predicted molar refractivity (Wildman–Crippen MR) is 99.7 cm³/mol. The van der Waals surface area contributed by atoms with Gasteiger partial charge in [-0.15, -0.1) is 0 Å². The zero-order valence-electron chi connectivity index (χ0n) is 14.9. The maximum Gasteiger partial charge on any atom is 0.416 e. The lowest BCUT2D eigenvalue weighted by Crippen LogP contribution is -2.32. The van der Waals surface area contributed by atoms with Crippen molar-refractivity contribution < 1.29 is 18.0 Å². The molecule has 0 bridgehead atoms. The Kier molecular flexibility index (Phi) is 4.70. The molecule has 8 heteroatoms. The van der Waals surface area contributed by atoms with E-state index in [4.69, 9.17) is 0 Å². The Bertz CT molecular complexity index is 948. The van der Waals surface area contributed by atoms with Gasteiger partial charge >= 0.3 is 6.18 Å². The molecule has 28 heavy (non-hydrogen) atoms. The number of rotatable bonds is 7. The highest BCUT2D eigenvalue weighted by molar-refractivity contribution is 5.77. The minimum Gasteiger partial charge on any atom is -0.347 e. The van der Waals surface area contributed by atoms with Crippen molar-refractivity contribution in [3.8, 4) is 0 Å². The summed E-state index contributed by atoms with van der Waals surface area (Å²) in [5, 5.41) is 3.18. The highest BCUT2D eigenvalue weighted by atomic mass is 19.4. The molecule has 0 saturated heterocycles. The van der Waals surface area contributed by atoms with E-state index in [1.54, 1.807) is 11.0 Å². The summed E-state index contributed by atoms with van der Waals surface area (Å²) < 4.78 is 39.5. The zero-order valence-corrected chi connectivity index (χ0v) is 14.9. The van der Waals surface area contributed by atoms with Crippen LogP contribution in [0.2, 0.25) is 0 Å². The molecule has 1 fully saturated rings. The Hall–Kier alpha value is -3.03. The second kappa shape index (κ2) is 7.18. The molecule has 0 radical (unpaired) electrons. The summed E-state index contributed by atoms with van der Waals surface area (Å²) in [4.78, 5) is 20.7. The molecule has 1 atom stereocenters. The molecule has 5 nitrogen and oxygen atoms in total. The summed E-state index contributed by atoms with van der Waals surface area (Å²) in [5.74, 6) is 0.449. The molecule has 146 valence electrons. The minimum absolute atomic E-state index is 0.156. The smallest absolute Gasteiger partial charge is 0.347 e. The number of aromatic amines is 1. The zero-order chi connectivity index (χ0) is 19.7. The summed E-state index contributed by atoms with van der Waals surface area (Å²) >= 11 is 0. The van der Waals surface area contributed by atoms with Gasteiger partial charge in [0.1, 0.15) is 0 Å². The highest BCUT2D eigenvalue weighted by Gasteiger charge is 2.33. The van der Waals surface area contributed by atoms with Crippen LogP contribution in [0.1, 0.15) is 30.0 Å². The molecule has 1 aliphatic carbocycles. The lowest BCUT2D eigenvalue weighted by molar-refractivity contribution is -0.137. The van der Waals surface area contributed by atoms with E-state index in [0.29, 0.717) is 11.5 Å². The van der Waals surface area contributed by atoms with Crippen molar-refractivity contribution in [1.82, 2.24) is 14.9 Å². The van der Waals surface area contributed by atoms with Gasteiger partial charge in [0.2, 0.25) is 12.4 Å². The van der Waals surface area contributed by atoms with Gasteiger partial charge in [0.15, 0.2) is 0 Å². The first-order valence-corrected chi connectivity index (χ1v) is 9.03. The molecule has 1 aromatic heterocycles. The lowest BCUT2D eigenvalue weighted by atomic mass is 10.0. The first-order chi connectivity index (χ1) is 13.4. The minimum atomic E-state index is -4.43. The van der Waals surface area contributed by atoms with Crippen LogP contribution in [0.15, 0.2) is 48.5 Å². The van der Waals surface area contributed by atoms with Crippen LogP contribution in [0.3, 0.4) is 0 Å². The molecule has 1 aliphatic rings. The van der Waals surface area contributed by atoms with Crippen molar-refractivity contribution in [2.75, 3.05) is 11.9 Å². The largest absolute Gasteiger partial charge is 0.416 e. The molecule has 3 aromatic rings. The van der Waals surface area contributed by atoms with Gasteiger partial charge in [-0.2, -0.15) is 13.2 Å². The number of carbonyl (C=O) groups is 1. The van der Waals surface area contributed by atoms with Crippen LogP contribution in [0.5, 0.6) is 0 Å². The van der Waals surface area contributed by atoms with Crippen molar-refractivity contribution in [3.05, 3.63) is 59.7 Å². The van der Waals surface area contributed by atoms with E-state index >= 15 is 0 Å². The molecule has 2 N–H and O–H groups in total. The van der Waals surface area contributed by atoms with Gasteiger partial charge in [-0.1, -0.05) is 24.3 Å². The number of alkyl halides is 3. The van der Waals surface area contributed by atoms with Gasteiger partial charge in [-0.3, -0.25) is 4.79 Å². The second-order valence-corrected chi connectivity index (χ2v) is 6.96. The predicted octanol–water partition coefficient (Wildman–Crippen LogP) is 4.36. The number of halogens is 3. The van der Waals surface area contributed by atoms with E-state index in [1.165, 1.54) is 6.07 Å². The molecule has 4 rings (SSSR count). The number of anilines is 1. The van der Waals surface area contributed by atoms with Crippen LogP contribution in [0.25, 0.3) is 11.0 Å². The molecule has 1 saturated carbocycles. The average Bonchev–Trinajstić information content (AvgIpc) is 3.43. The van der Waals surface area contributed by atoms with Gasteiger partial charge in [0.25, 0.3) is 0 Å². The van der Waals surface area contributed by atoms with Crippen molar-refractivity contribution >= 4 is 23.4 Å². The van der Waals surface area contributed by atoms with Crippen molar-refractivity contribution in [1.29, 1.82) is 0 Å². The summed E-state index contributed by atoms with van der Waals surface area (Å²) in [5.41, 5.74) is 1.30. The van der Waals surface area contributed by atoms with Crippen LogP contribution in [-0.2, 0) is 11.0 Å². The first kappa shape index (κ1) is 18.3. The SMILES string of the molecule is O=CN(CC(Nc1nc2ccccc2[nH]1)c1cccc(C(F)(F)F)c1)C1CC1. The third kappa shape index (κ3) is 3.95. The van der Waals surface area contributed by atoms with E-state index in [0.717, 1.165) is 42.4 Å². The highest BCUT2D eigenvalue weighted by Crippen LogP contribution is 2.33. The van der Waals surface area contributed by atoms with Crippen LogP contribution < -0.4 is 5.32 Å². The molecule has 1 amide bonds. The molecule has 1 unspecified atom stereocenters. The number of aromatic nitrogens is 2. The van der Waals surface area contributed by atoms with Gasteiger partial charge in [-0.25, -0.2) is 4.98 Å². The maximum atomic E-state index is 13.2. The molecule has 0 aliphatic heterocycles. The third-order valence-corrected chi connectivity index (χ3v) is 4.86. The Morgan fingerprint density at radius 3 is 2.68 bits per heavy atom. The molecular formula is C20H19F3N4O. The fourth-order valence-corrected chi connectivity index (χ4v) is 3.25. The van der Waals surface area contributed by atoms with E-state index in [2.05, 4.69) is 15.3 Å². The van der Waals surface area contributed by atoms with E-state index in [-0.39, 0.29) is 12.6 Å². The van der Waals surface area contributed by atoms with E-state index in [1.807, 2.05) is 24.3 Å². The van der Waals surface area contributed by atoms with Crippen molar-refractivity contribution in [2.45, 2.75) is 31.1 Å². The Balaban J connectivity index is 1.66. The number of nitrogens with zero attached hydrogens (tertiary/aromatic N) is 2. The number of H-pyrrole nitrogens is 1. The normalized spacial score (nSPS) is 15.4. The fourth-order valence-electron chi connectivity index (χ4n) is 3.25. The second-order valence-electron chi connectivity index (χ2n) is 6.96. The van der Waals surface area contributed by atoms with Gasteiger partial charge < -0.3 is 15.2 Å². The first-order valence-electron chi connectivity index (χ1n) is 9.03. The summed E-state index contributed by atoms with van der Waals surface area (Å²) in [7, 11) is 0. The quantitative estimate of drug-likeness (QED) is 0.592. The average molecular weight is 388 g/mol. The van der Waals surface area contributed by atoms with Gasteiger partial charge in [0.05, 0.1) is 22.6 Å². The van der Waals surface area contributed by atoms with Crippen LogP contribution >= 0.6 is 0 Å². The number of nitrogens with one attached hydrogen (secondary N) is 2. The number of carbonyl (C=O) groups excluding carboxylic acids is 1. The van der Waals surface area contributed by atoms with Crippen LogP contribution in [0.4, 0.5) is 19.1 Å². The van der Waals surface area contributed by atoms with Crippen LogP contribution in [-0.4, -0.2) is 33.9 Å². The number of imidazole rings is 1. The standard InChI is InChI=1S/C20H19F3N4O/c21-20(22,23)14-5-3-4-13(10-14)18(11-27(12-28)15-8-9-15)26-19-24-16-6-1-2-7-17(16)25-19/h1-7,10,12,15,18H,8-9,11H2,(H2,24,25,26). The summed E-state index contributed by atoms with van der Waals surface area (Å²) in [6, 6.07) is 12.2. The number of hydrogen-bond acceptors (Lipinski definition) is 3. The number of hydrogen-bond donors (Lipinski definition) is 2. The van der Waals surface area contributed by atoms with Gasteiger partial charge in [0, 0.05) is 12.6 Å². The topological polar surface area (TPSA) is 61.0 Å². The number of para-hydroxylation sites is 2. The fraction of sp³-hybridized carbons (Fsp3) is 0.300. The summed E-state index contributed by atoms with van der Waals surface area (Å²) in [6.45, 7) is 0.256. The molecule has 0 spiro atoms. The third-order valence-electron chi connectivity index (χ3n) is 4.86. The van der Waals surface area contributed by atoms with Gasteiger partial charge in [-0.05, 0) is 42.7 Å². The Morgan fingerprint density at radius 1 is 1.21 bits per heavy atom. The van der Waals surface area contributed by atoms with Crippen molar-refractivity contribution in [2.24, 2.45) is 0 Å². The van der Waals surface area contributed by atoms with E-state index < -0.39 is 17.8 Å². The Labute approximate surface area is 159 Å². The lowest BCUT2D eigenvalue weighted by Gasteiger charge is -2.26. The maximum absolute atomic E-state index is 13.2. The van der Waals surface area contributed by atoms with Crippen molar-refractivity contribution in [3.63, 3.8) is 0 Å². The van der Waals surface area contributed by atoms with E-state index in [9.17, 15) is 18.0 Å². The summed E-state index contributed by atoms with van der Waals surface area (Å²) in [6.07, 6.45) is -1.84. The molecular weight excluding hydrogens is 369 g/mol. The van der Waals surface area contributed by atoms with Crippen LogP contribution in [0, 0.1) is 0 Å².